The predicted octanol–water partition coefficient (Wildman–Crippen LogP) is 6.23. The van der Waals surface area contributed by atoms with Gasteiger partial charge in [-0.1, -0.05) is 97.1 Å². The number of para-hydroxylation sites is 2. The Bertz CT molecular complexity index is 1670. The van der Waals surface area contributed by atoms with Crippen LogP contribution in [-0.2, 0) is 35.8 Å². The number of methoxy groups -OCH3 is 1. The summed E-state index contributed by atoms with van der Waals surface area (Å²) in [6, 6.07) is 34.5. The molecule has 0 bridgehead atoms. The lowest BCUT2D eigenvalue weighted by atomic mass is 9.65. The highest BCUT2D eigenvalue weighted by Gasteiger charge is 2.73. The van der Waals surface area contributed by atoms with Crippen LogP contribution in [0.4, 0.5) is 11.4 Å². The summed E-state index contributed by atoms with van der Waals surface area (Å²) < 4.78 is 11.5. The van der Waals surface area contributed by atoms with Crippen LogP contribution >= 0.6 is 0 Å². The molecule has 4 atom stereocenters. The molecule has 2 aliphatic heterocycles. The molecule has 1 saturated heterocycles. The van der Waals surface area contributed by atoms with E-state index < -0.39 is 41.0 Å². The second-order valence-electron chi connectivity index (χ2n) is 12.3. The van der Waals surface area contributed by atoms with Crippen molar-refractivity contribution < 1.29 is 23.9 Å². The van der Waals surface area contributed by atoms with Crippen molar-refractivity contribution in [1.29, 1.82) is 0 Å². The van der Waals surface area contributed by atoms with Crippen molar-refractivity contribution in [2.45, 2.75) is 50.4 Å². The molecule has 4 aromatic carbocycles. The molecule has 2 heterocycles. The Labute approximate surface area is 258 Å². The number of esters is 2. The van der Waals surface area contributed by atoms with Crippen molar-refractivity contribution in [2.24, 2.45) is 5.92 Å². The van der Waals surface area contributed by atoms with Crippen LogP contribution in [0.25, 0.3) is 0 Å². The van der Waals surface area contributed by atoms with Crippen molar-refractivity contribution in [3.63, 3.8) is 0 Å². The van der Waals surface area contributed by atoms with E-state index in [9.17, 15) is 9.59 Å². The molecule has 0 radical (unpaired) electrons. The first kappa shape index (κ1) is 29.2. The quantitative estimate of drug-likeness (QED) is 0.249. The minimum Gasteiger partial charge on any atom is -0.469 e. The fraction of sp³-hybridized carbons (Fsp3) is 0.270. The third kappa shape index (κ3) is 4.73. The molecule has 0 saturated carbocycles. The lowest BCUT2D eigenvalue weighted by Gasteiger charge is -2.37. The Morgan fingerprint density at radius 2 is 1.34 bits per heavy atom. The molecule has 7 heteroatoms. The van der Waals surface area contributed by atoms with Gasteiger partial charge in [-0.15, -0.1) is 0 Å². The first-order valence-electron chi connectivity index (χ1n) is 14.8. The van der Waals surface area contributed by atoms with Gasteiger partial charge in [0.05, 0.1) is 19.7 Å². The molecule has 4 aromatic rings. The zero-order valence-electron chi connectivity index (χ0n) is 25.3. The average Bonchev–Trinajstić information content (AvgIpc) is 3.48. The van der Waals surface area contributed by atoms with Gasteiger partial charge in [0.15, 0.2) is 0 Å². The molecule has 44 heavy (non-hydrogen) atoms. The van der Waals surface area contributed by atoms with Crippen molar-refractivity contribution in [2.75, 3.05) is 16.9 Å². The molecule has 2 aliphatic rings. The summed E-state index contributed by atoms with van der Waals surface area (Å²) >= 11 is 0. The monoisotopic (exact) mass is 588 g/mol. The van der Waals surface area contributed by atoms with Gasteiger partial charge in [0, 0.05) is 11.4 Å². The zero-order valence-corrected chi connectivity index (χ0v) is 25.3. The van der Waals surface area contributed by atoms with E-state index in [-0.39, 0.29) is 5.91 Å². The number of hydrogen-bond donors (Lipinski definition) is 0. The van der Waals surface area contributed by atoms with Crippen LogP contribution in [-0.4, -0.2) is 36.6 Å². The standard InChI is InChI=1S/C37H36N2O5/c1-36(2,3)44-34(41)31-30(33(40)43-4)37(32(26-18-10-6-11-19-26)39(31)27-20-12-7-13-21-27)28-22-14-15-23-29(28)38(35(37)42)24-25-16-8-5-9-17-25/h5-23,30-32H,24H2,1-4H3/t30-,31-,32+,37-/m0/s1. The van der Waals surface area contributed by atoms with Gasteiger partial charge in [-0.25, -0.2) is 4.79 Å². The SMILES string of the molecule is COC(=O)[C@@H]1[C@@H](C(=O)OC(C)(C)C)N(c2ccccc2)[C@H](c2ccccc2)[C@@]12C(=O)N(Cc1ccccc1)c1ccccc12. The first-order chi connectivity index (χ1) is 21.2. The van der Waals surface area contributed by atoms with E-state index in [4.69, 9.17) is 9.47 Å². The number of rotatable bonds is 6. The van der Waals surface area contributed by atoms with Gasteiger partial charge in [-0.05, 0) is 55.7 Å². The molecule has 6 rings (SSSR count). The van der Waals surface area contributed by atoms with Crippen molar-refractivity contribution >= 4 is 29.2 Å². The predicted molar refractivity (Wildman–Crippen MR) is 169 cm³/mol. The largest absolute Gasteiger partial charge is 0.469 e. The second-order valence-corrected chi connectivity index (χ2v) is 12.3. The fourth-order valence-electron chi connectivity index (χ4n) is 6.98. The van der Waals surface area contributed by atoms with Crippen LogP contribution in [0.1, 0.15) is 43.5 Å². The van der Waals surface area contributed by atoms with Crippen LogP contribution in [0.5, 0.6) is 0 Å². The van der Waals surface area contributed by atoms with E-state index in [2.05, 4.69) is 0 Å². The lowest BCUT2D eigenvalue weighted by molar-refractivity contribution is -0.163. The lowest BCUT2D eigenvalue weighted by Crippen LogP contribution is -2.52. The van der Waals surface area contributed by atoms with Crippen molar-refractivity contribution in [3.8, 4) is 0 Å². The smallest absolute Gasteiger partial charge is 0.330 e. The molecule has 0 N–H and O–H groups in total. The number of ether oxygens (including phenoxy) is 2. The summed E-state index contributed by atoms with van der Waals surface area (Å²) in [6.07, 6.45) is 0. The second kappa shape index (κ2) is 11.3. The van der Waals surface area contributed by atoms with Gasteiger partial charge in [-0.2, -0.15) is 0 Å². The Morgan fingerprint density at radius 3 is 1.95 bits per heavy atom. The topological polar surface area (TPSA) is 76.2 Å². The fourth-order valence-corrected chi connectivity index (χ4v) is 6.98. The minimum atomic E-state index is -1.52. The van der Waals surface area contributed by atoms with E-state index in [0.29, 0.717) is 23.5 Å². The molecule has 0 aromatic heterocycles. The minimum absolute atomic E-state index is 0.265. The Balaban J connectivity index is 1.68. The maximum absolute atomic E-state index is 15.4. The molecule has 1 spiro atoms. The Kier molecular flexibility index (Phi) is 7.49. The molecular formula is C37H36N2O5. The number of benzene rings is 4. The zero-order chi connectivity index (χ0) is 31.1. The number of carbonyl (C=O) groups excluding carboxylic acids is 3. The Hall–Kier alpha value is -4.91. The van der Waals surface area contributed by atoms with Crippen LogP contribution in [0.2, 0.25) is 0 Å². The highest BCUT2D eigenvalue weighted by atomic mass is 16.6. The van der Waals surface area contributed by atoms with Crippen molar-refractivity contribution in [1.82, 2.24) is 0 Å². The summed E-state index contributed by atoms with van der Waals surface area (Å²) in [7, 11) is 1.30. The average molecular weight is 589 g/mol. The highest BCUT2D eigenvalue weighted by Crippen LogP contribution is 2.62. The number of amides is 1. The number of fused-ring (bicyclic) bond motifs is 2. The van der Waals surface area contributed by atoms with Crippen LogP contribution in [0, 0.1) is 5.92 Å². The van der Waals surface area contributed by atoms with Crippen LogP contribution in [0.15, 0.2) is 115 Å². The molecular weight excluding hydrogens is 552 g/mol. The van der Waals surface area contributed by atoms with Crippen LogP contribution in [0.3, 0.4) is 0 Å². The molecule has 224 valence electrons. The van der Waals surface area contributed by atoms with Crippen LogP contribution < -0.4 is 9.80 Å². The Morgan fingerprint density at radius 1 is 0.773 bits per heavy atom. The normalized spacial score (nSPS) is 22.6. The first-order valence-corrected chi connectivity index (χ1v) is 14.8. The molecule has 0 aliphatic carbocycles. The van der Waals surface area contributed by atoms with E-state index in [1.54, 1.807) is 25.7 Å². The van der Waals surface area contributed by atoms with E-state index in [1.165, 1.54) is 7.11 Å². The van der Waals surface area contributed by atoms with Gasteiger partial charge in [0.25, 0.3) is 0 Å². The van der Waals surface area contributed by atoms with E-state index in [0.717, 1.165) is 11.1 Å². The molecule has 1 fully saturated rings. The van der Waals surface area contributed by atoms with Gasteiger partial charge < -0.3 is 19.3 Å². The summed E-state index contributed by atoms with van der Waals surface area (Å²) in [5.41, 5.74) is 1.45. The number of hydrogen-bond acceptors (Lipinski definition) is 6. The summed E-state index contributed by atoms with van der Waals surface area (Å²) in [5.74, 6) is -2.73. The maximum Gasteiger partial charge on any atom is 0.330 e. The molecule has 7 nitrogen and oxygen atoms in total. The maximum atomic E-state index is 15.4. The number of carbonyl (C=O) groups is 3. The summed E-state index contributed by atoms with van der Waals surface area (Å²) in [6.45, 7) is 5.68. The van der Waals surface area contributed by atoms with E-state index >= 15 is 4.79 Å². The summed E-state index contributed by atoms with van der Waals surface area (Å²) in [5, 5.41) is 0. The third-order valence-electron chi connectivity index (χ3n) is 8.51. The molecule has 0 unspecified atom stereocenters. The number of anilines is 2. The number of nitrogens with zero attached hydrogens (tertiary/aromatic N) is 2. The van der Waals surface area contributed by atoms with Gasteiger partial charge in [0.1, 0.15) is 23.0 Å². The highest BCUT2D eigenvalue weighted by molar-refractivity contribution is 6.13. The molecule has 1 amide bonds. The van der Waals surface area contributed by atoms with E-state index in [1.807, 2.05) is 120 Å². The van der Waals surface area contributed by atoms with Crippen molar-refractivity contribution in [3.05, 3.63) is 132 Å². The van der Waals surface area contributed by atoms with Gasteiger partial charge in [0.2, 0.25) is 5.91 Å². The summed E-state index contributed by atoms with van der Waals surface area (Å²) in [4.78, 5) is 47.6. The third-order valence-corrected chi connectivity index (χ3v) is 8.51. The van der Waals surface area contributed by atoms with Gasteiger partial charge in [-0.3, -0.25) is 9.59 Å². The van der Waals surface area contributed by atoms with Gasteiger partial charge >= 0.3 is 11.9 Å².